The number of anilines is 2. The highest BCUT2D eigenvalue weighted by Crippen LogP contribution is 2.28. The molecule has 1 N–H and O–H groups in total. The van der Waals surface area contributed by atoms with Gasteiger partial charge in [-0.25, -0.2) is 0 Å². The Balaban J connectivity index is 1.95. The van der Waals surface area contributed by atoms with Gasteiger partial charge in [0.25, 0.3) is 5.69 Å². The van der Waals surface area contributed by atoms with E-state index in [1.165, 1.54) is 13.0 Å². The van der Waals surface area contributed by atoms with Crippen molar-refractivity contribution in [1.82, 2.24) is 0 Å². The molecule has 0 unspecified atom stereocenters. The lowest BCUT2D eigenvalue weighted by Crippen LogP contribution is -2.40. The quantitative estimate of drug-likeness (QED) is 0.400. The first-order valence-corrected chi connectivity index (χ1v) is 8.01. The molecular formula is C18H18N4O3. The topological polar surface area (TPSA) is 87.8 Å². The van der Waals surface area contributed by atoms with Crippen molar-refractivity contribution in [3.8, 4) is 0 Å². The van der Waals surface area contributed by atoms with Crippen LogP contribution in [0.3, 0.4) is 0 Å². The first kappa shape index (κ1) is 16.6. The molecule has 3 rings (SSSR count). The van der Waals surface area contributed by atoms with Gasteiger partial charge in [-0.15, -0.1) is 0 Å². The smallest absolute Gasteiger partial charge is 0.294 e. The highest BCUT2D eigenvalue weighted by atomic mass is 16.6. The molecule has 0 saturated carbocycles. The first-order chi connectivity index (χ1) is 12.1. The zero-order valence-electron chi connectivity index (χ0n) is 13.8. The van der Waals surface area contributed by atoms with Gasteiger partial charge in [-0.1, -0.05) is 30.3 Å². The molecule has 0 aromatic heterocycles. The Labute approximate surface area is 145 Å². The van der Waals surface area contributed by atoms with E-state index < -0.39 is 4.92 Å². The zero-order chi connectivity index (χ0) is 17.8. The van der Waals surface area contributed by atoms with E-state index in [-0.39, 0.29) is 23.0 Å². The van der Waals surface area contributed by atoms with Crippen LogP contribution in [0.15, 0.2) is 53.6 Å². The predicted molar refractivity (Wildman–Crippen MR) is 96.9 cm³/mol. The summed E-state index contributed by atoms with van der Waals surface area (Å²) in [5, 5.41) is 15.3. The summed E-state index contributed by atoms with van der Waals surface area (Å²) in [6.07, 6.45) is 1.87. The number of nitro groups is 1. The highest BCUT2D eigenvalue weighted by Gasteiger charge is 2.24. The van der Waals surface area contributed by atoms with Crippen LogP contribution in [0.5, 0.6) is 0 Å². The van der Waals surface area contributed by atoms with Crippen molar-refractivity contribution >= 4 is 28.7 Å². The molecule has 0 amide bonds. The fourth-order valence-corrected chi connectivity index (χ4v) is 2.92. The fourth-order valence-electron chi connectivity index (χ4n) is 2.92. The number of nitrogens with one attached hydrogen (secondary N) is 1. The third kappa shape index (κ3) is 3.50. The van der Waals surface area contributed by atoms with Crippen LogP contribution in [0.1, 0.15) is 18.9 Å². The fraction of sp³-hybridized carbons (Fsp3) is 0.222. The largest absolute Gasteiger partial charge is 0.322 e. The molecule has 1 heterocycles. The lowest BCUT2D eigenvalue weighted by atomic mass is 10.0. The lowest BCUT2D eigenvalue weighted by molar-refractivity contribution is -0.384. The van der Waals surface area contributed by atoms with Crippen LogP contribution in [0.2, 0.25) is 0 Å². The van der Waals surface area contributed by atoms with Crippen molar-refractivity contribution in [2.24, 2.45) is 5.10 Å². The number of hydrogen-bond acceptors (Lipinski definition) is 5. The molecule has 0 bridgehead atoms. The second-order valence-electron chi connectivity index (χ2n) is 5.76. The molecule has 1 aliphatic heterocycles. The summed E-state index contributed by atoms with van der Waals surface area (Å²) in [4.78, 5) is 24.6. The third-order valence-electron chi connectivity index (χ3n) is 4.06. The number of para-hydroxylation sites is 3. The van der Waals surface area contributed by atoms with E-state index in [2.05, 4.69) is 10.5 Å². The van der Waals surface area contributed by atoms with E-state index in [0.717, 1.165) is 24.1 Å². The van der Waals surface area contributed by atoms with Crippen molar-refractivity contribution in [2.45, 2.75) is 19.8 Å². The number of nitrogens with zero attached hydrogens (tertiary/aromatic N) is 3. The minimum atomic E-state index is -0.485. The minimum absolute atomic E-state index is 0.0896. The highest BCUT2D eigenvalue weighted by molar-refractivity contribution is 6.43. The molecule has 2 aromatic carbocycles. The lowest BCUT2D eigenvalue weighted by Gasteiger charge is -2.30. The molecule has 0 atom stereocenters. The van der Waals surface area contributed by atoms with Crippen LogP contribution in [-0.2, 0) is 11.2 Å². The Morgan fingerprint density at radius 2 is 1.92 bits per heavy atom. The Morgan fingerprint density at radius 3 is 2.68 bits per heavy atom. The number of carbonyl (C=O) groups excluding carboxylic acids is 1. The van der Waals surface area contributed by atoms with Crippen LogP contribution < -0.4 is 10.3 Å². The summed E-state index contributed by atoms with van der Waals surface area (Å²) < 4.78 is 0. The molecule has 0 aliphatic carbocycles. The zero-order valence-corrected chi connectivity index (χ0v) is 13.8. The van der Waals surface area contributed by atoms with Gasteiger partial charge >= 0.3 is 0 Å². The summed E-state index contributed by atoms with van der Waals surface area (Å²) in [7, 11) is 0. The van der Waals surface area contributed by atoms with E-state index in [9.17, 15) is 14.9 Å². The summed E-state index contributed by atoms with van der Waals surface area (Å²) in [6, 6.07) is 14.1. The third-order valence-corrected chi connectivity index (χ3v) is 4.06. The molecule has 7 nitrogen and oxygen atoms in total. The number of ketones is 1. The van der Waals surface area contributed by atoms with Crippen LogP contribution in [0, 0.1) is 10.1 Å². The average molecular weight is 338 g/mol. The van der Waals surface area contributed by atoms with Crippen LogP contribution in [-0.4, -0.2) is 23.1 Å². The van der Waals surface area contributed by atoms with Crippen LogP contribution >= 0.6 is 0 Å². The summed E-state index contributed by atoms with van der Waals surface area (Å²) in [5.41, 5.74) is 4.96. The van der Waals surface area contributed by atoms with Gasteiger partial charge in [0.2, 0.25) is 0 Å². The predicted octanol–water partition coefficient (Wildman–Crippen LogP) is 3.36. The van der Waals surface area contributed by atoms with Crippen molar-refractivity contribution in [2.75, 3.05) is 16.9 Å². The molecule has 25 heavy (non-hydrogen) atoms. The molecular weight excluding hydrogens is 320 g/mol. The van der Waals surface area contributed by atoms with E-state index in [1.807, 2.05) is 29.2 Å². The number of nitro benzene ring substituents is 1. The molecule has 0 saturated heterocycles. The number of rotatable bonds is 4. The van der Waals surface area contributed by atoms with E-state index in [0.29, 0.717) is 6.54 Å². The maximum atomic E-state index is 12.1. The van der Waals surface area contributed by atoms with Crippen molar-refractivity contribution in [3.63, 3.8) is 0 Å². The number of amidine groups is 1. The van der Waals surface area contributed by atoms with E-state index in [1.54, 1.807) is 18.2 Å². The van der Waals surface area contributed by atoms with Gasteiger partial charge in [-0.2, -0.15) is 5.10 Å². The van der Waals surface area contributed by atoms with Crippen LogP contribution in [0.4, 0.5) is 17.1 Å². The van der Waals surface area contributed by atoms with Crippen molar-refractivity contribution < 1.29 is 9.72 Å². The van der Waals surface area contributed by atoms with Crippen molar-refractivity contribution in [1.29, 1.82) is 0 Å². The number of hydrazone groups is 1. The number of benzene rings is 2. The molecule has 0 fully saturated rings. The molecule has 2 aromatic rings. The standard InChI is InChI=1S/C18H18N4O3/c1-13(23)18(20-19-15-9-3-5-11-17(15)22(24)25)21-12-6-8-14-7-2-4-10-16(14)21/h2-5,7,9-11,19H,6,8,12H2,1H3. The normalized spacial score (nSPS) is 14.0. The number of aryl methyl sites for hydroxylation is 1. The Kier molecular flexibility index (Phi) is 4.74. The average Bonchev–Trinajstić information content (AvgIpc) is 2.62. The van der Waals surface area contributed by atoms with Gasteiger partial charge in [0.15, 0.2) is 11.6 Å². The minimum Gasteiger partial charge on any atom is -0.322 e. The maximum Gasteiger partial charge on any atom is 0.294 e. The van der Waals surface area contributed by atoms with Gasteiger partial charge in [0.05, 0.1) is 4.92 Å². The monoisotopic (exact) mass is 338 g/mol. The summed E-state index contributed by atoms with van der Waals surface area (Å²) in [5.74, 6) is 0.0353. The number of Topliss-reactive ketones (excluding diaryl/α,β-unsaturated/α-hetero) is 1. The molecule has 0 radical (unpaired) electrons. The second-order valence-corrected chi connectivity index (χ2v) is 5.76. The first-order valence-electron chi connectivity index (χ1n) is 8.01. The Morgan fingerprint density at radius 1 is 1.20 bits per heavy atom. The van der Waals surface area contributed by atoms with Gasteiger partial charge in [-0.05, 0) is 30.5 Å². The number of carbonyl (C=O) groups is 1. The molecule has 0 spiro atoms. The summed E-state index contributed by atoms with van der Waals surface area (Å²) >= 11 is 0. The number of hydrogen-bond donors (Lipinski definition) is 1. The SMILES string of the molecule is CC(=O)C(=NNc1ccccc1[N+](=O)[O-])N1CCCc2ccccc21. The second kappa shape index (κ2) is 7.12. The summed E-state index contributed by atoms with van der Waals surface area (Å²) in [6.45, 7) is 2.12. The molecule has 1 aliphatic rings. The van der Waals surface area contributed by atoms with Gasteiger partial charge in [0.1, 0.15) is 5.69 Å². The van der Waals surface area contributed by atoms with Gasteiger partial charge in [0, 0.05) is 25.2 Å². The van der Waals surface area contributed by atoms with E-state index in [4.69, 9.17) is 0 Å². The van der Waals surface area contributed by atoms with Crippen LogP contribution in [0.25, 0.3) is 0 Å². The molecule has 7 heteroatoms. The molecule has 128 valence electrons. The Hall–Kier alpha value is -3.22. The maximum absolute atomic E-state index is 12.1. The Bertz CT molecular complexity index is 848. The van der Waals surface area contributed by atoms with Gasteiger partial charge < -0.3 is 4.90 Å². The number of fused-ring (bicyclic) bond motifs is 1. The van der Waals surface area contributed by atoms with Crippen molar-refractivity contribution in [3.05, 3.63) is 64.2 Å². The van der Waals surface area contributed by atoms with E-state index >= 15 is 0 Å². The van der Waals surface area contributed by atoms with Gasteiger partial charge in [-0.3, -0.25) is 20.3 Å².